The predicted molar refractivity (Wildman–Crippen MR) is 79.7 cm³/mol. The average Bonchev–Trinajstić information content (AvgIpc) is 2.38. The van der Waals surface area contributed by atoms with Crippen LogP contribution in [0.5, 0.6) is 11.6 Å². The van der Waals surface area contributed by atoms with Crippen molar-refractivity contribution >= 4 is 33.3 Å². The zero-order valence-electron chi connectivity index (χ0n) is 10.4. The summed E-state index contributed by atoms with van der Waals surface area (Å²) in [5.74, 6) is 1.43. The summed E-state index contributed by atoms with van der Waals surface area (Å²) < 4.78 is 6.64. The zero-order valence-corrected chi connectivity index (χ0v) is 12.7. The molecule has 0 radical (unpaired) electrons. The van der Waals surface area contributed by atoms with Crippen molar-refractivity contribution in [2.75, 3.05) is 5.73 Å². The van der Waals surface area contributed by atoms with Gasteiger partial charge in [-0.15, -0.1) is 0 Å². The van der Waals surface area contributed by atoms with Crippen LogP contribution in [-0.2, 0) is 6.42 Å². The van der Waals surface area contributed by atoms with Crippen molar-refractivity contribution in [3.05, 3.63) is 39.6 Å². The number of nitrogens with zero attached hydrogens (tertiary/aromatic N) is 2. The van der Waals surface area contributed by atoms with Gasteiger partial charge < -0.3 is 10.5 Å². The van der Waals surface area contributed by atoms with Gasteiger partial charge in [-0.2, -0.15) is 0 Å². The van der Waals surface area contributed by atoms with Crippen molar-refractivity contribution in [3.8, 4) is 11.6 Å². The predicted octanol–water partition coefficient (Wildman–Crippen LogP) is 4.22. The normalized spacial score (nSPS) is 10.5. The van der Waals surface area contributed by atoms with Gasteiger partial charge >= 0.3 is 0 Å². The molecule has 1 heterocycles. The van der Waals surface area contributed by atoms with Crippen molar-refractivity contribution in [2.24, 2.45) is 0 Å². The molecule has 1 aromatic heterocycles. The number of benzene rings is 1. The van der Waals surface area contributed by atoms with Gasteiger partial charge in [0.15, 0.2) is 0 Å². The van der Waals surface area contributed by atoms with Crippen molar-refractivity contribution < 1.29 is 4.74 Å². The molecule has 0 bridgehead atoms. The van der Waals surface area contributed by atoms with Gasteiger partial charge in [0.25, 0.3) is 0 Å². The summed E-state index contributed by atoms with van der Waals surface area (Å²) in [4.78, 5) is 8.12. The molecule has 19 heavy (non-hydrogen) atoms. The third kappa shape index (κ3) is 3.36. The Morgan fingerprint density at radius 2 is 2.16 bits per heavy atom. The zero-order chi connectivity index (χ0) is 13.8. The second kappa shape index (κ2) is 6.21. The molecule has 0 aliphatic carbocycles. The van der Waals surface area contributed by atoms with E-state index in [2.05, 4.69) is 32.8 Å². The second-order valence-corrected chi connectivity index (χ2v) is 5.29. The largest absolute Gasteiger partial charge is 0.437 e. The van der Waals surface area contributed by atoms with E-state index in [0.29, 0.717) is 22.5 Å². The Morgan fingerprint density at radius 3 is 2.89 bits per heavy atom. The first-order valence-corrected chi connectivity index (χ1v) is 7.01. The molecule has 0 amide bonds. The molecule has 2 N–H and O–H groups in total. The van der Waals surface area contributed by atoms with Gasteiger partial charge in [0.05, 0.1) is 10.6 Å². The lowest BCUT2D eigenvalue weighted by atomic mass is 10.2. The average molecular weight is 343 g/mol. The second-order valence-electron chi connectivity index (χ2n) is 3.97. The van der Waals surface area contributed by atoms with Crippen LogP contribution in [0.15, 0.2) is 29.0 Å². The third-order valence-corrected chi connectivity index (χ3v) is 3.34. The molecule has 0 spiro atoms. The van der Waals surface area contributed by atoms with Crippen molar-refractivity contribution in [2.45, 2.75) is 19.8 Å². The summed E-state index contributed by atoms with van der Waals surface area (Å²) in [6, 6.07) is 5.39. The number of nitrogens with two attached hydrogens (primary N) is 1. The molecule has 2 aromatic rings. The van der Waals surface area contributed by atoms with Crippen LogP contribution in [0.1, 0.15) is 18.9 Å². The minimum absolute atomic E-state index is 0.443. The fourth-order valence-electron chi connectivity index (χ4n) is 1.64. The monoisotopic (exact) mass is 341 g/mol. The molecule has 0 aliphatic heterocycles. The number of hydrogen-bond acceptors (Lipinski definition) is 4. The summed E-state index contributed by atoms with van der Waals surface area (Å²) in [6.07, 6.45) is 3.07. The van der Waals surface area contributed by atoms with E-state index < -0.39 is 0 Å². The minimum atomic E-state index is 0.443. The van der Waals surface area contributed by atoms with Crippen LogP contribution in [0.25, 0.3) is 0 Å². The topological polar surface area (TPSA) is 61.0 Å². The SMILES string of the molecule is CCCc1c(N)ncnc1Oc1cc(Br)ccc1Cl. The van der Waals surface area contributed by atoms with Crippen LogP contribution >= 0.6 is 27.5 Å². The first kappa shape index (κ1) is 14.1. The lowest BCUT2D eigenvalue weighted by Crippen LogP contribution is -2.02. The molecule has 2 rings (SSSR count). The number of hydrogen-bond donors (Lipinski definition) is 1. The van der Waals surface area contributed by atoms with Crippen molar-refractivity contribution in [1.82, 2.24) is 9.97 Å². The summed E-state index contributed by atoms with van der Waals surface area (Å²) in [5.41, 5.74) is 6.66. The highest BCUT2D eigenvalue weighted by atomic mass is 79.9. The Bertz CT molecular complexity index is 592. The maximum atomic E-state index is 6.09. The molecule has 0 unspecified atom stereocenters. The molecule has 1 aromatic carbocycles. The lowest BCUT2D eigenvalue weighted by Gasteiger charge is -2.12. The van der Waals surface area contributed by atoms with Crippen molar-refractivity contribution in [3.63, 3.8) is 0 Å². The Hall–Kier alpha value is -1.33. The van der Waals surface area contributed by atoms with Gasteiger partial charge in [-0.05, 0) is 24.6 Å². The van der Waals surface area contributed by atoms with Gasteiger partial charge in [-0.25, -0.2) is 9.97 Å². The molecule has 0 fully saturated rings. The number of halogens is 2. The van der Waals surface area contributed by atoms with Gasteiger partial charge in [-0.3, -0.25) is 0 Å². The van der Waals surface area contributed by atoms with Crippen LogP contribution in [-0.4, -0.2) is 9.97 Å². The van der Waals surface area contributed by atoms with Gasteiger partial charge in [0.2, 0.25) is 5.88 Å². The van der Waals surface area contributed by atoms with E-state index in [-0.39, 0.29) is 0 Å². The Morgan fingerprint density at radius 1 is 1.37 bits per heavy atom. The number of nitrogen functional groups attached to an aromatic ring is 1. The van der Waals surface area contributed by atoms with Crippen LogP contribution in [0.4, 0.5) is 5.82 Å². The lowest BCUT2D eigenvalue weighted by molar-refractivity contribution is 0.454. The van der Waals surface area contributed by atoms with E-state index in [1.54, 1.807) is 12.1 Å². The Labute approximate surface area is 125 Å². The molecule has 0 saturated heterocycles. The maximum absolute atomic E-state index is 6.09. The van der Waals surface area contributed by atoms with E-state index in [4.69, 9.17) is 22.1 Å². The molecular formula is C13H13BrClN3O. The third-order valence-electron chi connectivity index (χ3n) is 2.54. The Balaban J connectivity index is 2.37. The minimum Gasteiger partial charge on any atom is -0.437 e. The first-order chi connectivity index (χ1) is 9.11. The van der Waals surface area contributed by atoms with E-state index in [1.165, 1.54) is 6.33 Å². The van der Waals surface area contributed by atoms with Crippen molar-refractivity contribution in [1.29, 1.82) is 0 Å². The highest BCUT2D eigenvalue weighted by Crippen LogP contribution is 2.33. The smallest absolute Gasteiger partial charge is 0.227 e. The summed E-state index contributed by atoms with van der Waals surface area (Å²) in [7, 11) is 0. The molecule has 100 valence electrons. The van der Waals surface area contributed by atoms with E-state index in [9.17, 15) is 0 Å². The maximum Gasteiger partial charge on any atom is 0.227 e. The molecule has 4 nitrogen and oxygen atoms in total. The molecule has 6 heteroatoms. The highest BCUT2D eigenvalue weighted by molar-refractivity contribution is 9.10. The van der Waals surface area contributed by atoms with E-state index in [0.717, 1.165) is 22.9 Å². The number of anilines is 1. The standard InChI is InChI=1S/C13H13BrClN3O/c1-2-3-9-12(16)17-7-18-13(9)19-11-6-8(14)4-5-10(11)15/h4-7H,2-3H2,1H3,(H2,16,17,18). The molecule has 0 atom stereocenters. The summed E-state index contributed by atoms with van der Waals surface area (Å²) in [5, 5.41) is 0.517. The fourth-order valence-corrected chi connectivity index (χ4v) is 2.14. The number of rotatable bonds is 4. The van der Waals surface area contributed by atoms with E-state index in [1.807, 2.05) is 6.07 Å². The molecule has 0 aliphatic rings. The van der Waals surface area contributed by atoms with Crippen LogP contribution in [0, 0.1) is 0 Å². The highest BCUT2D eigenvalue weighted by Gasteiger charge is 2.12. The van der Waals surface area contributed by atoms with E-state index >= 15 is 0 Å². The number of aromatic nitrogens is 2. The first-order valence-electron chi connectivity index (χ1n) is 5.84. The van der Waals surface area contributed by atoms with Crippen LogP contribution in [0.2, 0.25) is 5.02 Å². The van der Waals surface area contributed by atoms with Gasteiger partial charge in [0, 0.05) is 4.47 Å². The molecular weight excluding hydrogens is 330 g/mol. The quantitative estimate of drug-likeness (QED) is 0.903. The number of ether oxygens (including phenoxy) is 1. The molecule has 0 saturated carbocycles. The van der Waals surface area contributed by atoms with Crippen LogP contribution in [0.3, 0.4) is 0 Å². The van der Waals surface area contributed by atoms with Crippen LogP contribution < -0.4 is 10.5 Å². The summed E-state index contributed by atoms with van der Waals surface area (Å²) >= 11 is 9.47. The van der Waals surface area contributed by atoms with Gasteiger partial charge in [-0.1, -0.05) is 40.9 Å². The fraction of sp³-hybridized carbons (Fsp3) is 0.231. The Kier molecular flexibility index (Phi) is 4.61. The van der Waals surface area contributed by atoms with Gasteiger partial charge in [0.1, 0.15) is 17.9 Å². The summed E-state index contributed by atoms with van der Waals surface area (Å²) in [6.45, 7) is 2.06.